The van der Waals surface area contributed by atoms with Gasteiger partial charge in [0.2, 0.25) is 21.8 Å². The van der Waals surface area contributed by atoms with Gasteiger partial charge in [0, 0.05) is 30.7 Å². The molecule has 0 aliphatic carbocycles. The molecule has 0 radical (unpaired) electrons. The van der Waals surface area contributed by atoms with Gasteiger partial charge < -0.3 is 15.4 Å². The number of nitrogens with one attached hydrogen (secondary N) is 3. The summed E-state index contributed by atoms with van der Waals surface area (Å²) in [6, 6.07) is 11.4. The number of benzene rings is 2. The Hall–Kier alpha value is -3.83. The van der Waals surface area contributed by atoms with Crippen LogP contribution in [0.15, 0.2) is 65.8 Å². The number of ether oxygens (including phenoxy) is 1. The molecule has 172 valence electrons. The predicted octanol–water partition coefficient (Wildman–Crippen LogP) is 2.84. The lowest BCUT2D eigenvalue weighted by atomic mass is 10.2. The quantitative estimate of drug-likeness (QED) is 0.461. The summed E-state index contributed by atoms with van der Waals surface area (Å²) in [7, 11) is -3.95. The van der Waals surface area contributed by atoms with E-state index in [1.165, 1.54) is 38.1 Å². The normalized spacial score (nSPS) is 12.0. The first kappa shape index (κ1) is 23.8. The van der Waals surface area contributed by atoms with Crippen LogP contribution in [0.2, 0.25) is 0 Å². The van der Waals surface area contributed by atoms with Crippen LogP contribution in [0.5, 0.6) is 11.8 Å². The second-order valence-corrected chi connectivity index (χ2v) is 8.86. The van der Waals surface area contributed by atoms with Crippen molar-refractivity contribution in [2.24, 2.45) is 0 Å². The Kier molecular flexibility index (Phi) is 7.36. The Morgan fingerprint density at radius 3 is 2.27 bits per heavy atom. The van der Waals surface area contributed by atoms with Gasteiger partial charge in [-0.05, 0) is 67.9 Å². The zero-order valence-corrected chi connectivity index (χ0v) is 19.0. The second-order valence-electron chi connectivity index (χ2n) is 7.15. The number of sulfonamides is 1. The van der Waals surface area contributed by atoms with Gasteiger partial charge in [-0.3, -0.25) is 9.59 Å². The number of nitrogens with zero attached hydrogens (tertiary/aromatic N) is 2. The summed E-state index contributed by atoms with van der Waals surface area (Å²) < 4.78 is 33.1. The van der Waals surface area contributed by atoms with Crippen molar-refractivity contribution in [1.29, 1.82) is 0 Å². The molecule has 0 bridgehead atoms. The van der Waals surface area contributed by atoms with Crippen molar-refractivity contribution in [2.45, 2.75) is 31.7 Å². The lowest BCUT2D eigenvalue weighted by Gasteiger charge is -2.16. The van der Waals surface area contributed by atoms with Gasteiger partial charge in [0.25, 0.3) is 0 Å². The average Bonchev–Trinajstić information content (AvgIpc) is 2.76. The first-order valence-electron chi connectivity index (χ1n) is 9.90. The zero-order chi connectivity index (χ0) is 24.0. The predicted molar refractivity (Wildman–Crippen MR) is 122 cm³/mol. The van der Waals surface area contributed by atoms with Crippen LogP contribution in [-0.4, -0.2) is 36.2 Å². The monoisotopic (exact) mass is 469 g/mol. The summed E-state index contributed by atoms with van der Waals surface area (Å²) in [5.74, 6) is -0.304. The van der Waals surface area contributed by atoms with Crippen LogP contribution < -0.4 is 20.1 Å². The van der Waals surface area contributed by atoms with Crippen LogP contribution in [0.25, 0.3) is 0 Å². The molecule has 0 spiro atoms. The Bertz CT molecular complexity index is 1250. The molecule has 1 aromatic heterocycles. The SMILES string of the molecule is CC(=O)Nc1ccc(S(=O)(=O)N[C@@H](C)C(=O)Nc2ccc(Oc3ncccn3)cc2C)cc1. The highest BCUT2D eigenvalue weighted by Gasteiger charge is 2.22. The smallest absolute Gasteiger partial charge is 0.321 e. The van der Waals surface area contributed by atoms with Gasteiger partial charge in [-0.15, -0.1) is 0 Å². The van der Waals surface area contributed by atoms with Gasteiger partial charge in [0.05, 0.1) is 10.9 Å². The zero-order valence-electron chi connectivity index (χ0n) is 18.2. The first-order chi connectivity index (χ1) is 15.6. The molecule has 0 aliphatic rings. The summed E-state index contributed by atoms with van der Waals surface area (Å²) in [5.41, 5.74) is 1.68. The number of anilines is 2. The van der Waals surface area contributed by atoms with E-state index >= 15 is 0 Å². The lowest BCUT2D eigenvalue weighted by Crippen LogP contribution is -2.41. The standard InChI is InChI=1S/C22H23N5O5S/c1-14-13-18(32-22-23-11-4-12-24-22)7-10-20(14)26-21(29)15(2)27-33(30,31)19-8-5-17(6-9-19)25-16(3)28/h4-13,15,27H,1-3H3,(H,25,28)(H,26,29)/t15-/m0/s1. The fourth-order valence-electron chi connectivity index (χ4n) is 2.80. The van der Waals surface area contributed by atoms with Crippen LogP contribution >= 0.6 is 0 Å². The molecular formula is C22H23N5O5S. The molecule has 10 nitrogen and oxygen atoms in total. The fourth-order valence-corrected chi connectivity index (χ4v) is 4.00. The third-order valence-electron chi connectivity index (χ3n) is 4.42. The number of aryl methyl sites for hydroxylation is 1. The van der Waals surface area contributed by atoms with E-state index < -0.39 is 22.0 Å². The van der Waals surface area contributed by atoms with Crippen molar-refractivity contribution in [3.8, 4) is 11.8 Å². The molecular weight excluding hydrogens is 446 g/mol. The number of rotatable bonds is 8. The van der Waals surface area contributed by atoms with Crippen LogP contribution in [0, 0.1) is 6.92 Å². The minimum absolute atomic E-state index is 0.0305. The van der Waals surface area contributed by atoms with Crippen molar-refractivity contribution in [2.75, 3.05) is 10.6 Å². The van der Waals surface area contributed by atoms with E-state index in [4.69, 9.17) is 4.74 Å². The Morgan fingerprint density at radius 1 is 1.00 bits per heavy atom. The summed E-state index contributed by atoms with van der Waals surface area (Å²) >= 11 is 0. The molecule has 3 rings (SSSR count). The molecule has 2 amide bonds. The summed E-state index contributed by atoms with van der Waals surface area (Å²) in [5, 5.41) is 5.26. The van der Waals surface area contributed by atoms with E-state index in [0.717, 1.165) is 0 Å². The number of aromatic nitrogens is 2. The summed E-state index contributed by atoms with van der Waals surface area (Å²) in [6.45, 7) is 4.57. The van der Waals surface area contributed by atoms with E-state index in [9.17, 15) is 18.0 Å². The largest absolute Gasteiger partial charge is 0.424 e. The Morgan fingerprint density at radius 2 is 1.67 bits per heavy atom. The molecule has 0 unspecified atom stereocenters. The van der Waals surface area contributed by atoms with Crippen molar-refractivity contribution in [1.82, 2.24) is 14.7 Å². The maximum Gasteiger partial charge on any atom is 0.321 e. The maximum absolute atomic E-state index is 12.6. The third-order valence-corrected chi connectivity index (χ3v) is 5.97. The van der Waals surface area contributed by atoms with Crippen LogP contribution in [0.3, 0.4) is 0 Å². The Balaban J connectivity index is 1.63. The highest BCUT2D eigenvalue weighted by atomic mass is 32.2. The average molecular weight is 470 g/mol. The van der Waals surface area contributed by atoms with Crippen molar-refractivity contribution in [3.05, 3.63) is 66.5 Å². The minimum Gasteiger partial charge on any atom is -0.424 e. The number of carbonyl (C=O) groups excluding carboxylic acids is 2. The van der Waals surface area contributed by atoms with Gasteiger partial charge in [-0.25, -0.2) is 18.4 Å². The molecule has 1 atom stereocenters. The van der Waals surface area contributed by atoms with Crippen LogP contribution in [0.1, 0.15) is 19.4 Å². The minimum atomic E-state index is -3.95. The van der Waals surface area contributed by atoms with Crippen LogP contribution in [-0.2, 0) is 19.6 Å². The van der Waals surface area contributed by atoms with E-state index in [0.29, 0.717) is 22.7 Å². The molecule has 3 aromatic rings. The summed E-state index contributed by atoms with van der Waals surface area (Å²) in [6.07, 6.45) is 3.12. The van der Waals surface area contributed by atoms with E-state index in [1.807, 2.05) is 0 Å². The third kappa shape index (κ3) is 6.57. The molecule has 11 heteroatoms. The second kappa shape index (κ2) is 10.2. The topological polar surface area (TPSA) is 139 Å². The van der Waals surface area contributed by atoms with Crippen molar-refractivity contribution in [3.63, 3.8) is 0 Å². The molecule has 2 aromatic carbocycles. The molecule has 1 heterocycles. The first-order valence-corrected chi connectivity index (χ1v) is 11.4. The van der Waals surface area contributed by atoms with Crippen LogP contribution in [0.4, 0.5) is 11.4 Å². The fraction of sp³-hybridized carbons (Fsp3) is 0.182. The number of hydrogen-bond donors (Lipinski definition) is 3. The van der Waals surface area contributed by atoms with Crippen molar-refractivity contribution >= 4 is 33.2 Å². The molecule has 0 saturated heterocycles. The van der Waals surface area contributed by atoms with Gasteiger partial charge in [-0.1, -0.05) is 0 Å². The summed E-state index contributed by atoms with van der Waals surface area (Å²) in [4.78, 5) is 31.6. The van der Waals surface area contributed by atoms with Gasteiger partial charge in [0.15, 0.2) is 0 Å². The molecule has 0 saturated carbocycles. The number of hydrogen-bond acceptors (Lipinski definition) is 7. The molecule has 33 heavy (non-hydrogen) atoms. The van der Waals surface area contributed by atoms with E-state index in [-0.39, 0.29) is 16.8 Å². The Labute approximate surface area is 191 Å². The van der Waals surface area contributed by atoms with E-state index in [1.54, 1.807) is 43.6 Å². The highest BCUT2D eigenvalue weighted by Crippen LogP contribution is 2.24. The lowest BCUT2D eigenvalue weighted by molar-refractivity contribution is -0.117. The van der Waals surface area contributed by atoms with Crippen molar-refractivity contribution < 1.29 is 22.7 Å². The van der Waals surface area contributed by atoms with Gasteiger partial charge in [0.1, 0.15) is 5.75 Å². The molecule has 3 N–H and O–H groups in total. The molecule has 0 aliphatic heterocycles. The molecule has 0 fully saturated rings. The maximum atomic E-state index is 12.6. The highest BCUT2D eigenvalue weighted by molar-refractivity contribution is 7.89. The van der Waals surface area contributed by atoms with Gasteiger partial charge in [-0.2, -0.15) is 4.72 Å². The van der Waals surface area contributed by atoms with E-state index in [2.05, 4.69) is 25.3 Å². The number of carbonyl (C=O) groups is 2. The number of amides is 2. The van der Waals surface area contributed by atoms with Gasteiger partial charge >= 0.3 is 6.01 Å².